The van der Waals surface area contributed by atoms with Gasteiger partial charge in [-0.15, -0.1) is 0 Å². The van der Waals surface area contributed by atoms with E-state index in [4.69, 9.17) is 0 Å². The van der Waals surface area contributed by atoms with Crippen molar-refractivity contribution >= 4 is 0 Å². The number of aryl methyl sites for hydroxylation is 3. The SMILES string of the molecule is CCc1cccc2c1Cc1cc3c(cc1-2)CCc1ccccc1-3. The number of rotatable bonds is 1. The van der Waals surface area contributed by atoms with E-state index in [9.17, 15) is 0 Å². The first-order chi connectivity index (χ1) is 11.3. The van der Waals surface area contributed by atoms with Gasteiger partial charge in [0, 0.05) is 0 Å². The second-order valence-corrected chi connectivity index (χ2v) is 6.80. The molecule has 0 heterocycles. The van der Waals surface area contributed by atoms with Crippen molar-refractivity contribution in [2.45, 2.75) is 32.6 Å². The van der Waals surface area contributed by atoms with Gasteiger partial charge in [0.05, 0.1) is 0 Å². The smallest absolute Gasteiger partial charge is 0.00105 e. The van der Waals surface area contributed by atoms with Gasteiger partial charge in [0.2, 0.25) is 0 Å². The van der Waals surface area contributed by atoms with Crippen LogP contribution in [0.2, 0.25) is 0 Å². The first-order valence-electron chi connectivity index (χ1n) is 8.70. The van der Waals surface area contributed by atoms with Crippen molar-refractivity contribution in [2.75, 3.05) is 0 Å². The molecule has 0 aliphatic heterocycles. The Hall–Kier alpha value is -2.34. The maximum absolute atomic E-state index is 2.48. The predicted molar refractivity (Wildman–Crippen MR) is 96.9 cm³/mol. The second kappa shape index (κ2) is 4.83. The molecule has 0 bridgehead atoms. The number of hydrogen-bond donors (Lipinski definition) is 0. The third kappa shape index (κ3) is 1.84. The molecular weight excluding hydrogens is 276 g/mol. The number of hydrogen-bond acceptors (Lipinski definition) is 0. The topological polar surface area (TPSA) is 0 Å². The van der Waals surface area contributed by atoms with Gasteiger partial charge in [-0.05, 0) is 81.8 Å². The van der Waals surface area contributed by atoms with Crippen molar-refractivity contribution in [1.82, 2.24) is 0 Å². The summed E-state index contributed by atoms with van der Waals surface area (Å²) in [4.78, 5) is 0. The van der Waals surface area contributed by atoms with E-state index in [1.54, 1.807) is 5.56 Å². The van der Waals surface area contributed by atoms with Gasteiger partial charge in [-0.3, -0.25) is 0 Å². The summed E-state index contributed by atoms with van der Waals surface area (Å²) in [6.45, 7) is 2.26. The van der Waals surface area contributed by atoms with Crippen molar-refractivity contribution in [3.8, 4) is 22.3 Å². The standard InChI is InChI=1S/C23H20/c1-2-15-7-5-9-20-21(15)13-18-14-22-17(12-23(18)20)11-10-16-6-3-4-8-19(16)22/h3-9,12,14H,2,10-11,13H2,1H3. The Morgan fingerprint density at radius 1 is 0.696 bits per heavy atom. The third-order valence-corrected chi connectivity index (χ3v) is 5.61. The minimum Gasteiger partial charge on any atom is -0.0620 e. The normalized spacial score (nSPS) is 14.0. The molecule has 2 aliphatic carbocycles. The molecule has 5 rings (SSSR count). The van der Waals surface area contributed by atoms with Gasteiger partial charge >= 0.3 is 0 Å². The monoisotopic (exact) mass is 296 g/mol. The Bertz CT molecular complexity index is 931. The molecule has 0 amide bonds. The Morgan fingerprint density at radius 3 is 2.35 bits per heavy atom. The highest BCUT2D eigenvalue weighted by Gasteiger charge is 2.24. The molecule has 0 saturated heterocycles. The molecule has 0 unspecified atom stereocenters. The summed E-state index contributed by atoms with van der Waals surface area (Å²) in [5, 5.41) is 0. The Kier molecular flexibility index (Phi) is 2.76. The first-order valence-corrected chi connectivity index (χ1v) is 8.70. The fourth-order valence-corrected chi connectivity index (χ4v) is 4.43. The lowest BCUT2D eigenvalue weighted by Gasteiger charge is -2.21. The van der Waals surface area contributed by atoms with E-state index in [0.717, 1.165) is 12.8 Å². The maximum atomic E-state index is 2.48. The molecule has 0 aromatic heterocycles. The minimum atomic E-state index is 1.10. The fourth-order valence-electron chi connectivity index (χ4n) is 4.43. The predicted octanol–water partition coefficient (Wildman–Crippen LogP) is 5.59. The molecule has 0 atom stereocenters. The molecule has 0 saturated carbocycles. The zero-order valence-electron chi connectivity index (χ0n) is 13.5. The van der Waals surface area contributed by atoms with Crippen LogP contribution < -0.4 is 0 Å². The summed E-state index contributed by atoms with van der Waals surface area (Å²) in [6, 6.07) is 20.7. The van der Waals surface area contributed by atoms with E-state index in [-0.39, 0.29) is 0 Å². The zero-order chi connectivity index (χ0) is 15.4. The van der Waals surface area contributed by atoms with E-state index in [2.05, 4.69) is 61.5 Å². The van der Waals surface area contributed by atoms with Gasteiger partial charge in [0.1, 0.15) is 0 Å². The van der Waals surface area contributed by atoms with Crippen LogP contribution in [0.1, 0.15) is 34.7 Å². The molecule has 0 spiro atoms. The number of fused-ring (bicyclic) bond motifs is 6. The highest BCUT2D eigenvalue weighted by Crippen LogP contribution is 2.43. The molecule has 0 heteroatoms. The summed E-state index contributed by atoms with van der Waals surface area (Å²) in [5.41, 5.74) is 13.5. The van der Waals surface area contributed by atoms with Crippen molar-refractivity contribution in [3.63, 3.8) is 0 Å². The minimum absolute atomic E-state index is 1.10. The Labute approximate surface area is 137 Å². The zero-order valence-corrected chi connectivity index (χ0v) is 13.5. The van der Waals surface area contributed by atoms with Crippen LogP contribution in [0, 0.1) is 0 Å². The van der Waals surface area contributed by atoms with E-state index in [1.165, 1.54) is 57.3 Å². The van der Waals surface area contributed by atoms with Crippen LogP contribution in [0.4, 0.5) is 0 Å². The molecule has 0 nitrogen and oxygen atoms in total. The van der Waals surface area contributed by atoms with Crippen LogP contribution in [0.15, 0.2) is 54.6 Å². The van der Waals surface area contributed by atoms with Crippen molar-refractivity contribution in [1.29, 1.82) is 0 Å². The van der Waals surface area contributed by atoms with Gasteiger partial charge in [0.25, 0.3) is 0 Å². The van der Waals surface area contributed by atoms with Crippen LogP contribution >= 0.6 is 0 Å². The molecule has 23 heavy (non-hydrogen) atoms. The number of benzene rings is 3. The molecule has 2 aliphatic rings. The summed E-state index contributed by atoms with van der Waals surface area (Å²) in [6.07, 6.45) is 4.57. The van der Waals surface area contributed by atoms with Crippen LogP contribution in [0.3, 0.4) is 0 Å². The summed E-state index contributed by atoms with van der Waals surface area (Å²) in [7, 11) is 0. The van der Waals surface area contributed by atoms with Gasteiger partial charge in [-0.1, -0.05) is 55.5 Å². The molecule has 3 aromatic carbocycles. The van der Waals surface area contributed by atoms with Crippen molar-refractivity contribution in [2.24, 2.45) is 0 Å². The quantitative estimate of drug-likeness (QED) is 0.430. The molecule has 0 N–H and O–H groups in total. The lowest BCUT2D eigenvalue weighted by atomic mass is 9.83. The average Bonchev–Trinajstić information content (AvgIpc) is 2.97. The maximum Gasteiger partial charge on any atom is -0.00105 e. The summed E-state index contributed by atoms with van der Waals surface area (Å²) in [5.74, 6) is 0. The Balaban J connectivity index is 1.73. The van der Waals surface area contributed by atoms with Crippen LogP contribution in [-0.2, 0) is 25.7 Å². The lowest BCUT2D eigenvalue weighted by Crippen LogP contribution is -2.04. The highest BCUT2D eigenvalue weighted by atomic mass is 14.3. The Morgan fingerprint density at radius 2 is 1.43 bits per heavy atom. The molecular formula is C23H20. The fraction of sp³-hybridized carbons (Fsp3) is 0.217. The van der Waals surface area contributed by atoms with Crippen molar-refractivity contribution < 1.29 is 0 Å². The second-order valence-electron chi connectivity index (χ2n) is 6.80. The van der Waals surface area contributed by atoms with Crippen LogP contribution in [-0.4, -0.2) is 0 Å². The molecule has 112 valence electrons. The summed E-state index contributed by atoms with van der Waals surface area (Å²) >= 11 is 0. The third-order valence-electron chi connectivity index (χ3n) is 5.61. The van der Waals surface area contributed by atoms with Gasteiger partial charge < -0.3 is 0 Å². The molecule has 0 fully saturated rings. The van der Waals surface area contributed by atoms with Crippen molar-refractivity contribution in [3.05, 3.63) is 82.4 Å². The van der Waals surface area contributed by atoms with E-state index in [1.807, 2.05) is 0 Å². The molecule has 3 aromatic rings. The lowest BCUT2D eigenvalue weighted by molar-refractivity contribution is 0.941. The van der Waals surface area contributed by atoms with E-state index < -0.39 is 0 Å². The van der Waals surface area contributed by atoms with E-state index >= 15 is 0 Å². The molecule has 0 radical (unpaired) electrons. The largest absolute Gasteiger partial charge is 0.0620 e. The van der Waals surface area contributed by atoms with Crippen LogP contribution in [0.25, 0.3) is 22.3 Å². The van der Waals surface area contributed by atoms with Crippen LogP contribution in [0.5, 0.6) is 0 Å². The highest BCUT2D eigenvalue weighted by molar-refractivity contribution is 5.84. The van der Waals surface area contributed by atoms with E-state index in [0.29, 0.717) is 0 Å². The van der Waals surface area contributed by atoms with Gasteiger partial charge in [-0.25, -0.2) is 0 Å². The van der Waals surface area contributed by atoms with Gasteiger partial charge in [-0.2, -0.15) is 0 Å². The first kappa shape index (κ1) is 13.1. The van der Waals surface area contributed by atoms with Gasteiger partial charge in [0.15, 0.2) is 0 Å². The average molecular weight is 296 g/mol. The summed E-state index contributed by atoms with van der Waals surface area (Å²) < 4.78 is 0.